The number of hydrogen-bond donors (Lipinski definition) is 0. The smallest absolute Gasteiger partial charge is 0.341 e. The van der Waals surface area contributed by atoms with E-state index in [1.165, 1.54) is 12.1 Å². The summed E-state index contributed by atoms with van der Waals surface area (Å²) in [6.07, 6.45) is 0. The zero-order valence-electron chi connectivity index (χ0n) is 14.3. The Hall–Kier alpha value is -2.35. The van der Waals surface area contributed by atoms with Gasteiger partial charge in [-0.2, -0.15) is 8.78 Å². The number of piperazine rings is 1. The molecule has 1 aliphatic rings. The fourth-order valence-corrected chi connectivity index (χ4v) is 3.77. The van der Waals surface area contributed by atoms with Gasteiger partial charge >= 0.3 is 5.76 Å². The third-order valence-electron chi connectivity index (χ3n) is 4.47. The molecule has 8 heteroatoms. The molecule has 1 aliphatic heterocycles. The summed E-state index contributed by atoms with van der Waals surface area (Å²) >= 11 is 0. The lowest BCUT2D eigenvalue weighted by molar-refractivity contribution is 0.234. The van der Waals surface area contributed by atoms with E-state index in [-0.39, 0.29) is 4.90 Å². The summed E-state index contributed by atoms with van der Waals surface area (Å²) < 4.78 is 53.6. The molecule has 0 bridgehead atoms. The molecule has 0 aliphatic carbocycles. The van der Waals surface area contributed by atoms with Gasteiger partial charge in [0.2, 0.25) is 9.84 Å². The Kier molecular flexibility index (Phi) is 5.31. The van der Waals surface area contributed by atoms with Crippen LogP contribution in [0.4, 0.5) is 20.2 Å². The molecule has 0 spiro atoms. The minimum Gasteiger partial charge on any atom is -0.495 e. The van der Waals surface area contributed by atoms with Gasteiger partial charge in [-0.3, -0.25) is 0 Å². The van der Waals surface area contributed by atoms with Crippen LogP contribution < -0.4 is 14.5 Å². The number of halogens is 2. The van der Waals surface area contributed by atoms with Gasteiger partial charge in [-0.15, -0.1) is 0 Å². The number of alkyl halides is 2. The molecule has 5 nitrogen and oxygen atoms in total. The van der Waals surface area contributed by atoms with Crippen molar-refractivity contribution < 1.29 is 21.9 Å². The second kappa shape index (κ2) is 7.49. The van der Waals surface area contributed by atoms with Crippen molar-refractivity contribution in [3.05, 3.63) is 48.5 Å². The first-order valence-electron chi connectivity index (χ1n) is 8.18. The minimum absolute atomic E-state index is 0.357. The summed E-state index contributed by atoms with van der Waals surface area (Å²) in [6, 6.07) is 13.5. The number of methoxy groups -OCH3 is 1. The standard InChI is InChI=1S/C18H20F2N2O3S/c1-25-17-5-3-2-4-16(17)22-12-10-21(11-13-22)14-6-8-15(9-7-14)26(23,24)18(19)20/h2-9,18H,10-13H2,1H3. The SMILES string of the molecule is COc1ccccc1N1CCN(c2ccc(S(=O)(=O)C(F)F)cc2)CC1. The van der Waals surface area contributed by atoms with Crippen LogP contribution >= 0.6 is 0 Å². The number of sulfone groups is 1. The summed E-state index contributed by atoms with van der Waals surface area (Å²) in [5.41, 5.74) is 1.85. The van der Waals surface area contributed by atoms with Crippen LogP contribution in [0.15, 0.2) is 53.4 Å². The molecule has 1 heterocycles. The molecule has 3 rings (SSSR count). The second-order valence-corrected chi connectivity index (χ2v) is 7.86. The molecule has 0 radical (unpaired) electrons. The summed E-state index contributed by atoms with van der Waals surface area (Å²) in [5, 5.41) is 0. The topological polar surface area (TPSA) is 49.9 Å². The van der Waals surface area contributed by atoms with E-state index in [0.717, 1.165) is 43.3 Å². The lowest BCUT2D eigenvalue weighted by atomic mass is 10.2. The Morgan fingerprint density at radius 3 is 2.08 bits per heavy atom. The zero-order chi connectivity index (χ0) is 18.7. The van der Waals surface area contributed by atoms with E-state index >= 15 is 0 Å². The first-order valence-corrected chi connectivity index (χ1v) is 9.73. The molecule has 1 fully saturated rings. The van der Waals surface area contributed by atoms with Crippen molar-refractivity contribution in [3.63, 3.8) is 0 Å². The molecule has 0 amide bonds. The van der Waals surface area contributed by atoms with Crippen LogP contribution in [0.2, 0.25) is 0 Å². The average molecular weight is 382 g/mol. The van der Waals surface area contributed by atoms with Crippen LogP contribution in [-0.2, 0) is 9.84 Å². The van der Waals surface area contributed by atoms with Gasteiger partial charge in [-0.05, 0) is 36.4 Å². The van der Waals surface area contributed by atoms with Crippen molar-refractivity contribution in [1.29, 1.82) is 0 Å². The highest BCUT2D eigenvalue weighted by molar-refractivity contribution is 7.91. The molecule has 0 unspecified atom stereocenters. The lowest BCUT2D eigenvalue weighted by Crippen LogP contribution is -2.46. The average Bonchev–Trinajstić information content (AvgIpc) is 2.68. The Labute approximate surface area is 151 Å². The van der Waals surface area contributed by atoms with Crippen LogP contribution in [0.5, 0.6) is 5.75 Å². The molecular formula is C18H20F2N2O3S. The molecule has 2 aromatic rings. The minimum atomic E-state index is -4.55. The number of benzene rings is 2. The normalized spacial score (nSPS) is 15.4. The van der Waals surface area contributed by atoms with E-state index in [0.29, 0.717) is 0 Å². The largest absolute Gasteiger partial charge is 0.495 e. The first kappa shape index (κ1) is 18.4. The number of rotatable bonds is 5. The van der Waals surface area contributed by atoms with Crippen LogP contribution in [0.1, 0.15) is 0 Å². The summed E-state index contributed by atoms with van der Waals surface area (Å²) in [7, 11) is -2.91. The Bertz CT molecular complexity index is 849. The van der Waals surface area contributed by atoms with Gasteiger partial charge in [0.05, 0.1) is 17.7 Å². The zero-order valence-corrected chi connectivity index (χ0v) is 15.1. The van der Waals surface area contributed by atoms with Crippen molar-refractivity contribution in [2.75, 3.05) is 43.1 Å². The van der Waals surface area contributed by atoms with Gasteiger partial charge in [0.25, 0.3) is 0 Å². The van der Waals surface area contributed by atoms with E-state index in [1.54, 1.807) is 19.2 Å². The second-order valence-electron chi connectivity index (χ2n) is 5.95. The van der Waals surface area contributed by atoms with E-state index in [1.807, 2.05) is 24.3 Å². The number of anilines is 2. The lowest BCUT2D eigenvalue weighted by Gasteiger charge is -2.37. The summed E-state index contributed by atoms with van der Waals surface area (Å²) in [6.45, 7) is 3.02. The third-order valence-corrected chi connectivity index (χ3v) is 5.87. The number of ether oxygens (including phenoxy) is 1. The van der Waals surface area contributed by atoms with Crippen molar-refractivity contribution >= 4 is 21.2 Å². The number of nitrogens with zero attached hydrogens (tertiary/aromatic N) is 2. The highest BCUT2D eigenvalue weighted by Crippen LogP contribution is 2.29. The molecule has 2 aromatic carbocycles. The van der Waals surface area contributed by atoms with Gasteiger partial charge in [0.15, 0.2) is 0 Å². The molecule has 0 N–H and O–H groups in total. The highest BCUT2D eigenvalue weighted by Gasteiger charge is 2.27. The molecule has 1 saturated heterocycles. The van der Waals surface area contributed by atoms with Crippen molar-refractivity contribution in [2.45, 2.75) is 10.7 Å². The van der Waals surface area contributed by atoms with Crippen molar-refractivity contribution in [1.82, 2.24) is 0 Å². The van der Waals surface area contributed by atoms with Crippen molar-refractivity contribution in [2.24, 2.45) is 0 Å². The fourth-order valence-electron chi connectivity index (χ4n) is 3.05. The molecule has 0 saturated carbocycles. The van der Waals surface area contributed by atoms with Crippen LogP contribution in [0, 0.1) is 0 Å². The molecule has 0 aromatic heterocycles. The predicted molar refractivity (Wildman–Crippen MR) is 97.1 cm³/mol. The van der Waals surface area contributed by atoms with Gasteiger partial charge in [-0.25, -0.2) is 8.42 Å². The third kappa shape index (κ3) is 3.60. The van der Waals surface area contributed by atoms with Crippen LogP contribution in [0.25, 0.3) is 0 Å². The van der Waals surface area contributed by atoms with Crippen molar-refractivity contribution in [3.8, 4) is 5.75 Å². The number of para-hydroxylation sites is 2. The predicted octanol–water partition coefficient (Wildman–Crippen LogP) is 3.02. The fraction of sp³-hybridized carbons (Fsp3) is 0.333. The molecular weight excluding hydrogens is 362 g/mol. The van der Waals surface area contributed by atoms with Gasteiger partial charge in [-0.1, -0.05) is 12.1 Å². The molecule has 0 atom stereocenters. The maximum absolute atomic E-state index is 12.6. The van der Waals surface area contributed by atoms with Gasteiger partial charge in [0, 0.05) is 31.9 Å². The van der Waals surface area contributed by atoms with E-state index in [2.05, 4.69) is 9.80 Å². The molecule has 140 valence electrons. The first-order chi connectivity index (χ1) is 12.4. The Balaban J connectivity index is 1.69. The Morgan fingerprint density at radius 1 is 0.923 bits per heavy atom. The molecule has 26 heavy (non-hydrogen) atoms. The van der Waals surface area contributed by atoms with Gasteiger partial charge < -0.3 is 14.5 Å². The monoisotopic (exact) mass is 382 g/mol. The summed E-state index contributed by atoms with van der Waals surface area (Å²) in [5.74, 6) is -2.58. The maximum Gasteiger partial charge on any atom is 0.341 e. The maximum atomic E-state index is 12.6. The Morgan fingerprint density at radius 2 is 1.50 bits per heavy atom. The van der Waals surface area contributed by atoms with E-state index in [4.69, 9.17) is 4.74 Å². The van der Waals surface area contributed by atoms with Crippen LogP contribution in [-0.4, -0.2) is 47.5 Å². The van der Waals surface area contributed by atoms with Crippen LogP contribution in [0.3, 0.4) is 0 Å². The van der Waals surface area contributed by atoms with E-state index < -0.39 is 15.6 Å². The number of hydrogen-bond acceptors (Lipinski definition) is 5. The summed E-state index contributed by atoms with van der Waals surface area (Å²) in [4.78, 5) is 3.97. The quantitative estimate of drug-likeness (QED) is 0.796. The van der Waals surface area contributed by atoms with E-state index in [9.17, 15) is 17.2 Å². The van der Waals surface area contributed by atoms with Gasteiger partial charge in [0.1, 0.15) is 5.75 Å². The highest BCUT2D eigenvalue weighted by atomic mass is 32.2.